The third-order valence-electron chi connectivity index (χ3n) is 12.2. The molecular formula is C64H82. The van der Waals surface area contributed by atoms with Gasteiger partial charge in [-0.05, 0) is 235 Å². The molecule has 8 rings (SSSR count). The SMILES string of the molecule is CC.Cc1cc(C)c(C)cc1C.Cc1cc2cc(C)c(C)cc2cc1C.Cc1ccc(C)c2c(C)ccc(C)c12.Cc1ccc(C)cc1.Cc1ccccc1C.Cc1ccccc1C. The van der Waals surface area contributed by atoms with Crippen LogP contribution in [0, 0.1) is 125 Å². The van der Waals surface area contributed by atoms with Crippen LogP contribution in [0.5, 0.6) is 0 Å². The van der Waals surface area contributed by atoms with Gasteiger partial charge in [0.05, 0.1) is 0 Å². The molecule has 0 aromatic heterocycles. The van der Waals surface area contributed by atoms with E-state index in [2.05, 4.69) is 258 Å². The summed E-state index contributed by atoms with van der Waals surface area (Å²) in [7, 11) is 0. The average Bonchev–Trinajstić information content (AvgIpc) is 3.26. The van der Waals surface area contributed by atoms with Gasteiger partial charge in [0, 0.05) is 0 Å². The van der Waals surface area contributed by atoms with E-state index in [1.807, 2.05) is 13.8 Å². The van der Waals surface area contributed by atoms with Crippen LogP contribution in [0.25, 0.3) is 21.5 Å². The molecule has 0 N–H and O–H groups in total. The van der Waals surface area contributed by atoms with Gasteiger partial charge in [0.25, 0.3) is 0 Å². The van der Waals surface area contributed by atoms with Crippen molar-refractivity contribution in [2.24, 2.45) is 0 Å². The van der Waals surface area contributed by atoms with Crippen molar-refractivity contribution in [3.05, 3.63) is 234 Å². The Balaban J connectivity index is 0.000000266. The van der Waals surface area contributed by atoms with Crippen LogP contribution in [0.2, 0.25) is 0 Å². The van der Waals surface area contributed by atoms with Crippen LogP contribution in [0.3, 0.4) is 0 Å². The van der Waals surface area contributed by atoms with Crippen molar-refractivity contribution >= 4 is 21.5 Å². The van der Waals surface area contributed by atoms with Gasteiger partial charge < -0.3 is 0 Å². The molecule has 0 nitrogen and oxygen atoms in total. The second-order valence-corrected chi connectivity index (χ2v) is 17.7. The maximum absolute atomic E-state index is 2.27. The molecule has 0 unspecified atom stereocenters. The number of rotatable bonds is 0. The summed E-state index contributed by atoms with van der Waals surface area (Å²) < 4.78 is 0. The largest absolute Gasteiger partial charge is 0.0683 e. The molecule has 8 aromatic rings. The number of fused-ring (bicyclic) bond motifs is 2. The van der Waals surface area contributed by atoms with Crippen LogP contribution < -0.4 is 0 Å². The minimum absolute atomic E-state index is 1.33. The minimum atomic E-state index is 1.33. The second kappa shape index (κ2) is 26.8. The first-order chi connectivity index (χ1) is 30.2. The topological polar surface area (TPSA) is 0 Å². The Labute approximate surface area is 391 Å². The average molecular weight is 851 g/mol. The summed E-state index contributed by atoms with van der Waals surface area (Å²) in [5.74, 6) is 0. The summed E-state index contributed by atoms with van der Waals surface area (Å²) in [4.78, 5) is 0. The number of hydrogen-bond acceptors (Lipinski definition) is 0. The molecule has 0 amide bonds. The fourth-order valence-electron chi connectivity index (χ4n) is 7.12. The Morgan fingerprint density at radius 2 is 0.375 bits per heavy atom. The summed E-state index contributed by atoms with van der Waals surface area (Å²) >= 11 is 0. The van der Waals surface area contributed by atoms with Gasteiger partial charge in [-0.15, -0.1) is 0 Å². The zero-order valence-electron chi connectivity index (χ0n) is 43.7. The zero-order chi connectivity index (χ0) is 48.3. The summed E-state index contributed by atoms with van der Waals surface area (Å²) in [6, 6.07) is 47.6. The van der Waals surface area contributed by atoms with E-state index in [9.17, 15) is 0 Å². The van der Waals surface area contributed by atoms with Gasteiger partial charge in [-0.1, -0.05) is 158 Å². The predicted molar refractivity (Wildman–Crippen MR) is 290 cm³/mol. The van der Waals surface area contributed by atoms with E-state index in [-0.39, 0.29) is 0 Å². The molecule has 0 fully saturated rings. The number of benzene rings is 8. The number of aryl methyl sites for hydroxylation is 18. The number of hydrogen-bond donors (Lipinski definition) is 0. The second-order valence-electron chi connectivity index (χ2n) is 17.7. The highest BCUT2D eigenvalue weighted by molar-refractivity contribution is 5.93. The molecule has 0 aliphatic carbocycles. The Morgan fingerprint density at radius 3 is 0.562 bits per heavy atom. The fraction of sp³-hybridized carbons (Fsp3) is 0.312. The van der Waals surface area contributed by atoms with Gasteiger partial charge in [0.2, 0.25) is 0 Å². The zero-order valence-corrected chi connectivity index (χ0v) is 43.7. The third kappa shape index (κ3) is 17.1. The molecule has 0 heteroatoms. The maximum atomic E-state index is 2.27. The van der Waals surface area contributed by atoms with Gasteiger partial charge in [-0.25, -0.2) is 0 Å². The standard InChI is InChI=1S/2C14H16.C10H14.3C8H10.C2H6/c1-9-5-13-7-11(3)12(4)8-14(13)6-10(9)2;1-9-5-6-11(3)14-12(4)8-7-10(2)13(9)14;1-7-5-9(3)10(4)6-8(7)2;1-7-3-5-8(2)6-4-7;2*1-7-5-3-4-6-8(7)2;1-2/h2*5-8H,1-4H3;5-6H,1-4H3;3*3-6H,1-2H3;1-2H3. The molecule has 0 atom stereocenters. The van der Waals surface area contributed by atoms with E-state index in [0.29, 0.717) is 0 Å². The highest BCUT2D eigenvalue weighted by atomic mass is 14.1. The van der Waals surface area contributed by atoms with E-state index >= 15 is 0 Å². The molecule has 0 saturated carbocycles. The van der Waals surface area contributed by atoms with Crippen molar-refractivity contribution in [2.45, 2.75) is 138 Å². The van der Waals surface area contributed by atoms with E-state index < -0.39 is 0 Å². The lowest BCUT2D eigenvalue weighted by atomic mass is 9.94. The molecule has 0 saturated heterocycles. The first-order valence-electron chi connectivity index (χ1n) is 23.3. The summed E-state index contributed by atoms with van der Waals surface area (Å²) in [5, 5.41) is 5.59. The first-order valence-corrected chi connectivity index (χ1v) is 23.3. The summed E-state index contributed by atoms with van der Waals surface area (Å²) in [6.07, 6.45) is 0. The smallest absolute Gasteiger partial charge is 0.0120 e. The molecule has 0 radical (unpaired) electrons. The van der Waals surface area contributed by atoms with E-state index in [1.54, 1.807) is 0 Å². The van der Waals surface area contributed by atoms with Crippen LogP contribution in [0.1, 0.15) is 114 Å². The molecule has 0 spiro atoms. The van der Waals surface area contributed by atoms with Gasteiger partial charge in [-0.3, -0.25) is 0 Å². The molecular weight excluding hydrogens is 769 g/mol. The fourth-order valence-corrected chi connectivity index (χ4v) is 7.12. The highest BCUT2D eigenvalue weighted by Crippen LogP contribution is 2.28. The van der Waals surface area contributed by atoms with Gasteiger partial charge in [-0.2, -0.15) is 0 Å². The lowest BCUT2D eigenvalue weighted by molar-refractivity contribution is 1.24. The molecule has 0 bridgehead atoms. The van der Waals surface area contributed by atoms with Gasteiger partial charge >= 0.3 is 0 Å². The summed E-state index contributed by atoms with van der Waals surface area (Å²) in [6.45, 7) is 42.7. The Hall–Kier alpha value is -5.72. The lowest BCUT2D eigenvalue weighted by Crippen LogP contribution is -1.89. The summed E-state index contributed by atoms with van der Waals surface area (Å²) in [5.41, 5.74) is 24.7. The molecule has 0 aliphatic heterocycles. The van der Waals surface area contributed by atoms with Crippen LogP contribution >= 0.6 is 0 Å². The maximum Gasteiger partial charge on any atom is -0.0120 e. The molecule has 0 heterocycles. The van der Waals surface area contributed by atoms with Crippen LogP contribution in [-0.2, 0) is 0 Å². The lowest BCUT2D eigenvalue weighted by Gasteiger charge is -2.11. The molecule has 0 aliphatic rings. The monoisotopic (exact) mass is 851 g/mol. The van der Waals surface area contributed by atoms with Crippen molar-refractivity contribution in [3.63, 3.8) is 0 Å². The van der Waals surface area contributed by atoms with Crippen molar-refractivity contribution < 1.29 is 0 Å². The van der Waals surface area contributed by atoms with Crippen LogP contribution in [-0.4, -0.2) is 0 Å². The van der Waals surface area contributed by atoms with E-state index in [0.717, 1.165) is 0 Å². The van der Waals surface area contributed by atoms with Crippen molar-refractivity contribution in [1.29, 1.82) is 0 Å². The first kappa shape index (κ1) is 54.4. The molecule has 64 heavy (non-hydrogen) atoms. The van der Waals surface area contributed by atoms with Crippen molar-refractivity contribution in [3.8, 4) is 0 Å². The van der Waals surface area contributed by atoms with E-state index in [4.69, 9.17) is 0 Å². The Bertz CT molecular complexity index is 2350. The quantitative estimate of drug-likeness (QED) is 0.143. The van der Waals surface area contributed by atoms with Crippen molar-refractivity contribution in [1.82, 2.24) is 0 Å². The third-order valence-corrected chi connectivity index (χ3v) is 12.2. The normalized spacial score (nSPS) is 9.88. The molecule has 338 valence electrons. The van der Waals surface area contributed by atoms with E-state index in [1.165, 1.54) is 122 Å². The van der Waals surface area contributed by atoms with Crippen LogP contribution in [0.4, 0.5) is 0 Å². The van der Waals surface area contributed by atoms with Crippen molar-refractivity contribution in [2.75, 3.05) is 0 Å². The predicted octanol–water partition coefficient (Wildman–Crippen LogP) is 19.0. The Morgan fingerprint density at radius 1 is 0.188 bits per heavy atom. The van der Waals surface area contributed by atoms with Gasteiger partial charge in [0.15, 0.2) is 0 Å². The highest BCUT2D eigenvalue weighted by Gasteiger charge is 2.05. The minimum Gasteiger partial charge on any atom is -0.0683 e. The van der Waals surface area contributed by atoms with Crippen LogP contribution in [0.15, 0.2) is 133 Å². The van der Waals surface area contributed by atoms with Gasteiger partial charge in [0.1, 0.15) is 0 Å². The Kier molecular flexibility index (Phi) is 22.8. The molecule has 8 aromatic carbocycles.